The van der Waals surface area contributed by atoms with Crippen molar-refractivity contribution in [2.45, 2.75) is 52.1 Å². The standard InChI is InChI=1S/C17H29BrN2O/c1-5-16(6-2)20(9-10-21-4)17-12-15(18)8-7-14(17)11-13(3)19/h7-8,12-13,16H,5-6,9-11,19H2,1-4H3. The van der Waals surface area contributed by atoms with Crippen molar-refractivity contribution in [3.05, 3.63) is 28.2 Å². The molecule has 1 aromatic rings. The van der Waals surface area contributed by atoms with Gasteiger partial charge in [0, 0.05) is 35.9 Å². The topological polar surface area (TPSA) is 38.5 Å². The second-order valence-electron chi connectivity index (χ2n) is 5.61. The molecule has 3 nitrogen and oxygen atoms in total. The van der Waals surface area contributed by atoms with Crippen LogP contribution in [0.25, 0.3) is 0 Å². The third kappa shape index (κ3) is 5.61. The summed E-state index contributed by atoms with van der Waals surface area (Å²) in [5.41, 5.74) is 8.62. The monoisotopic (exact) mass is 356 g/mol. The van der Waals surface area contributed by atoms with Crippen molar-refractivity contribution < 1.29 is 4.74 Å². The highest BCUT2D eigenvalue weighted by molar-refractivity contribution is 9.10. The summed E-state index contributed by atoms with van der Waals surface area (Å²) < 4.78 is 6.42. The molecule has 0 saturated heterocycles. The molecule has 0 saturated carbocycles. The quantitative estimate of drug-likeness (QED) is 0.727. The fourth-order valence-electron chi connectivity index (χ4n) is 2.74. The third-order valence-electron chi connectivity index (χ3n) is 3.82. The van der Waals surface area contributed by atoms with Crippen LogP contribution in [0.2, 0.25) is 0 Å². The zero-order valence-electron chi connectivity index (χ0n) is 13.7. The highest BCUT2D eigenvalue weighted by atomic mass is 79.9. The second kappa shape index (κ2) is 9.44. The highest BCUT2D eigenvalue weighted by Gasteiger charge is 2.19. The lowest BCUT2D eigenvalue weighted by molar-refractivity contribution is 0.202. The van der Waals surface area contributed by atoms with Crippen molar-refractivity contribution in [3.63, 3.8) is 0 Å². The van der Waals surface area contributed by atoms with Gasteiger partial charge in [0.1, 0.15) is 0 Å². The summed E-state index contributed by atoms with van der Waals surface area (Å²) in [6.45, 7) is 8.20. The first-order valence-corrected chi connectivity index (χ1v) is 8.62. The number of halogens is 1. The average Bonchev–Trinajstić information content (AvgIpc) is 2.45. The molecule has 120 valence electrons. The first-order chi connectivity index (χ1) is 10.0. The molecule has 2 N–H and O–H groups in total. The molecule has 0 aromatic heterocycles. The van der Waals surface area contributed by atoms with E-state index >= 15 is 0 Å². The van der Waals surface area contributed by atoms with E-state index in [-0.39, 0.29) is 6.04 Å². The Morgan fingerprint density at radius 3 is 2.48 bits per heavy atom. The molecule has 0 heterocycles. The first kappa shape index (κ1) is 18.5. The Morgan fingerprint density at radius 2 is 1.95 bits per heavy atom. The minimum atomic E-state index is 0.163. The van der Waals surface area contributed by atoms with Gasteiger partial charge in [-0.25, -0.2) is 0 Å². The van der Waals surface area contributed by atoms with Gasteiger partial charge in [-0.15, -0.1) is 0 Å². The summed E-state index contributed by atoms with van der Waals surface area (Å²) in [5, 5.41) is 0. The van der Waals surface area contributed by atoms with Crippen molar-refractivity contribution in [2.75, 3.05) is 25.2 Å². The number of methoxy groups -OCH3 is 1. The van der Waals surface area contributed by atoms with E-state index in [4.69, 9.17) is 10.5 Å². The molecular weight excluding hydrogens is 328 g/mol. The first-order valence-electron chi connectivity index (χ1n) is 7.83. The Labute approximate surface area is 138 Å². The van der Waals surface area contributed by atoms with E-state index in [1.807, 2.05) is 0 Å². The number of hydrogen-bond donors (Lipinski definition) is 1. The van der Waals surface area contributed by atoms with Gasteiger partial charge in [-0.3, -0.25) is 0 Å². The second-order valence-corrected chi connectivity index (χ2v) is 6.53. The number of hydrogen-bond acceptors (Lipinski definition) is 3. The van der Waals surface area contributed by atoms with Crippen LogP contribution >= 0.6 is 15.9 Å². The largest absolute Gasteiger partial charge is 0.383 e. The maximum absolute atomic E-state index is 6.02. The van der Waals surface area contributed by atoms with Crippen molar-refractivity contribution in [1.82, 2.24) is 0 Å². The molecule has 21 heavy (non-hydrogen) atoms. The molecule has 0 aliphatic carbocycles. The number of nitrogens with zero attached hydrogens (tertiary/aromatic N) is 1. The van der Waals surface area contributed by atoms with Crippen molar-refractivity contribution >= 4 is 21.6 Å². The summed E-state index contributed by atoms with van der Waals surface area (Å²) in [4.78, 5) is 2.48. The Bertz CT molecular complexity index is 419. The van der Waals surface area contributed by atoms with E-state index in [1.54, 1.807) is 7.11 Å². The SMILES string of the molecule is CCC(CC)N(CCOC)c1cc(Br)ccc1CC(C)N. The molecule has 0 radical (unpaired) electrons. The number of ether oxygens (including phenoxy) is 1. The van der Waals surface area contributed by atoms with E-state index in [9.17, 15) is 0 Å². The molecule has 0 spiro atoms. The summed E-state index contributed by atoms with van der Waals surface area (Å²) in [7, 11) is 1.76. The van der Waals surface area contributed by atoms with E-state index in [1.165, 1.54) is 11.3 Å². The smallest absolute Gasteiger partial charge is 0.0637 e. The van der Waals surface area contributed by atoms with Crippen molar-refractivity contribution in [2.24, 2.45) is 5.73 Å². The van der Waals surface area contributed by atoms with E-state index in [2.05, 4.69) is 59.8 Å². The summed E-state index contributed by atoms with van der Waals surface area (Å²) in [6.07, 6.45) is 3.15. The van der Waals surface area contributed by atoms with E-state index in [0.717, 1.165) is 36.9 Å². The van der Waals surface area contributed by atoms with Crippen molar-refractivity contribution in [1.29, 1.82) is 0 Å². The highest BCUT2D eigenvalue weighted by Crippen LogP contribution is 2.29. The fourth-order valence-corrected chi connectivity index (χ4v) is 3.09. The van der Waals surface area contributed by atoms with Gasteiger partial charge in [-0.2, -0.15) is 0 Å². The fraction of sp³-hybridized carbons (Fsp3) is 0.647. The van der Waals surface area contributed by atoms with Gasteiger partial charge in [0.2, 0.25) is 0 Å². The van der Waals surface area contributed by atoms with Crippen LogP contribution in [0.1, 0.15) is 39.2 Å². The molecule has 1 aromatic carbocycles. The van der Waals surface area contributed by atoms with Crippen LogP contribution in [-0.4, -0.2) is 32.3 Å². The van der Waals surface area contributed by atoms with E-state index in [0.29, 0.717) is 6.04 Å². The number of rotatable bonds is 9. The number of nitrogens with two attached hydrogens (primary N) is 1. The maximum Gasteiger partial charge on any atom is 0.0637 e. The minimum absolute atomic E-state index is 0.163. The van der Waals surface area contributed by atoms with Gasteiger partial charge in [0.05, 0.1) is 6.61 Å². The van der Waals surface area contributed by atoms with E-state index < -0.39 is 0 Å². The van der Waals surface area contributed by atoms with Crippen LogP contribution in [-0.2, 0) is 11.2 Å². The summed E-state index contributed by atoms with van der Waals surface area (Å²) in [6, 6.07) is 7.19. The zero-order chi connectivity index (χ0) is 15.8. The molecule has 0 aliphatic rings. The minimum Gasteiger partial charge on any atom is -0.383 e. The Morgan fingerprint density at radius 1 is 1.29 bits per heavy atom. The van der Waals surface area contributed by atoms with Gasteiger partial charge < -0.3 is 15.4 Å². The molecule has 0 aliphatic heterocycles. The summed E-state index contributed by atoms with van der Waals surface area (Å²) in [5.74, 6) is 0. The van der Waals surface area contributed by atoms with Crippen LogP contribution in [0.15, 0.2) is 22.7 Å². The normalized spacial score (nSPS) is 12.7. The lowest BCUT2D eigenvalue weighted by atomic mass is 10.0. The van der Waals surface area contributed by atoms with Gasteiger partial charge in [0.25, 0.3) is 0 Å². The summed E-state index contributed by atoms with van der Waals surface area (Å²) >= 11 is 3.60. The molecule has 0 bridgehead atoms. The molecular formula is C17H29BrN2O. The van der Waals surface area contributed by atoms with Crippen molar-refractivity contribution in [3.8, 4) is 0 Å². The molecule has 0 amide bonds. The van der Waals surface area contributed by atoms with Crippen LogP contribution in [0.3, 0.4) is 0 Å². The van der Waals surface area contributed by atoms with Crippen LogP contribution in [0.5, 0.6) is 0 Å². The lowest BCUT2D eigenvalue weighted by Gasteiger charge is -2.34. The molecule has 1 rings (SSSR count). The number of benzene rings is 1. The van der Waals surface area contributed by atoms with Gasteiger partial charge in [-0.05, 0) is 43.9 Å². The Balaban J connectivity index is 3.16. The van der Waals surface area contributed by atoms with Crippen LogP contribution < -0.4 is 10.6 Å². The molecule has 1 atom stereocenters. The predicted molar refractivity (Wildman–Crippen MR) is 95.1 cm³/mol. The zero-order valence-corrected chi connectivity index (χ0v) is 15.3. The molecule has 1 unspecified atom stereocenters. The van der Waals surface area contributed by atoms with Crippen LogP contribution in [0, 0.1) is 0 Å². The predicted octanol–water partition coefficient (Wildman–Crippen LogP) is 3.98. The molecule has 0 fully saturated rings. The van der Waals surface area contributed by atoms with Crippen LogP contribution in [0.4, 0.5) is 5.69 Å². The third-order valence-corrected chi connectivity index (χ3v) is 4.31. The van der Waals surface area contributed by atoms with Gasteiger partial charge in [-0.1, -0.05) is 35.8 Å². The number of anilines is 1. The van der Waals surface area contributed by atoms with Gasteiger partial charge >= 0.3 is 0 Å². The Kier molecular flexibility index (Phi) is 8.30. The lowest BCUT2D eigenvalue weighted by Crippen LogP contribution is -2.38. The molecule has 4 heteroatoms. The average molecular weight is 357 g/mol. The maximum atomic E-state index is 6.02. The van der Waals surface area contributed by atoms with Gasteiger partial charge in [0.15, 0.2) is 0 Å². The Hall–Kier alpha value is -0.580.